The van der Waals surface area contributed by atoms with Crippen molar-refractivity contribution in [2.45, 2.75) is 6.92 Å². The summed E-state index contributed by atoms with van der Waals surface area (Å²) in [6.45, 7) is 2.51. The van der Waals surface area contributed by atoms with E-state index in [0.717, 1.165) is 16.5 Å². The van der Waals surface area contributed by atoms with Crippen molar-refractivity contribution in [1.82, 2.24) is 0 Å². The van der Waals surface area contributed by atoms with Crippen molar-refractivity contribution in [3.05, 3.63) is 52.9 Å². The zero-order valence-corrected chi connectivity index (χ0v) is 9.97. The van der Waals surface area contributed by atoms with Crippen molar-refractivity contribution < 1.29 is 9.15 Å². The molecule has 90 valence electrons. The molecule has 3 aromatic rings. The van der Waals surface area contributed by atoms with Crippen LogP contribution in [0.3, 0.4) is 0 Å². The lowest BCUT2D eigenvalue weighted by molar-refractivity contribution is 0.344. The average molecular weight is 240 g/mol. The molecule has 0 aliphatic heterocycles. The van der Waals surface area contributed by atoms with Crippen LogP contribution in [0.1, 0.15) is 6.92 Å². The van der Waals surface area contributed by atoms with E-state index in [1.54, 1.807) is 12.1 Å². The number of hydrogen-bond acceptors (Lipinski definition) is 3. The molecule has 18 heavy (non-hydrogen) atoms. The predicted molar refractivity (Wildman–Crippen MR) is 71.2 cm³/mol. The molecule has 1 aromatic heterocycles. The molecule has 3 nitrogen and oxygen atoms in total. The molecule has 0 amide bonds. The zero-order valence-electron chi connectivity index (χ0n) is 9.97. The van der Waals surface area contributed by atoms with Gasteiger partial charge in [0.1, 0.15) is 11.3 Å². The molecule has 3 heteroatoms. The highest BCUT2D eigenvalue weighted by Gasteiger charge is 2.10. The van der Waals surface area contributed by atoms with E-state index in [1.165, 1.54) is 0 Å². The maximum atomic E-state index is 11.9. The highest BCUT2D eigenvalue weighted by molar-refractivity contribution is 6.07. The van der Waals surface area contributed by atoms with Crippen molar-refractivity contribution in [2.24, 2.45) is 0 Å². The van der Waals surface area contributed by atoms with Crippen LogP contribution in [0.2, 0.25) is 0 Å². The third kappa shape index (κ3) is 1.56. The van der Waals surface area contributed by atoms with E-state index in [9.17, 15) is 4.79 Å². The van der Waals surface area contributed by atoms with E-state index in [4.69, 9.17) is 9.15 Å². The predicted octanol–water partition coefficient (Wildman–Crippen LogP) is 3.34. The number of benzene rings is 2. The maximum Gasteiger partial charge on any atom is 0.344 e. The van der Waals surface area contributed by atoms with E-state index < -0.39 is 0 Å². The fourth-order valence-electron chi connectivity index (χ4n) is 2.17. The van der Waals surface area contributed by atoms with E-state index in [0.29, 0.717) is 17.6 Å². The molecule has 0 radical (unpaired) electrons. The minimum absolute atomic E-state index is 0.313. The van der Waals surface area contributed by atoms with Crippen LogP contribution in [-0.2, 0) is 0 Å². The Labute approximate surface area is 104 Å². The Hall–Kier alpha value is -2.29. The Bertz CT molecular complexity index is 771. The summed E-state index contributed by atoms with van der Waals surface area (Å²) in [6.07, 6.45) is 0. The van der Waals surface area contributed by atoms with Gasteiger partial charge in [0.25, 0.3) is 0 Å². The van der Waals surface area contributed by atoms with Gasteiger partial charge in [-0.1, -0.05) is 24.3 Å². The summed E-state index contributed by atoms with van der Waals surface area (Å²) in [7, 11) is 0. The van der Waals surface area contributed by atoms with Crippen LogP contribution in [0.15, 0.2) is 51.7 Å². The molecule has 0 bridgehead atoms. The molecule has 0 aliphatic rings. The van der Waals surface area contributed by atoms with Crippen LogP contribution in [-0.4, -0.2) is 6.61 Å². The molecule has 0 unspecified atom stereocenters. The van der Waals surface area contributed by atoms with Crippen LogP contribution in [0.25, 0.3) is 21.7 Å². The van der Waals surface area contributed by atoms with Gasteiger partial charge < -0.3 is 9.15 Å². The largest absolute Gasteiger partial charge is 0.493 e. The molecule has 0 saturated carbocycles. The van der Waals surface area contributed by atoms with Crippen molar-refractivity contribution in [3.8, 4) is 5.75 Å². The van der Waals surface area contributed by atoms with Gasteiger partial charge in [0.05, 0.1) is 17.4 Å². The van der Waals surface area contributed by atoms with Gasteiger partial charge in [-0.25, -0.2) is 4.79 Å². The third-order valence-corrected chi connectivity index (χ3v) is 2.91. The second kappa shape index (κ2) is 4.18. The number of fused-ring (bicyclic) bond motifs is 3. The number of rotatable bonds is 2. The molecule has 0 saturated heterocycles. The van der Waals surface area contributed by atoms with E-state index in [1.807, 2.05) is 37.3 Å². The van der Waals surface area contributed by atoms with Crippen LogP contribution in [0, 0.1) is 0 Å². The van der Waals surface area contributed by atoms with Gasteiger partial charge >= 0.3 is 5.63 Å². The van der Waals surface area contributed by atoms with Crippen LogP contribution in [0.4, 0.5) is 0 Å². The lowest BCUT2D eigenvalue weighted by atomic mass is 10.1. The maximum absolute atomic E-state index is 11.9. The summed E-state index contributed by atoms with van der Waals surface area (Å²) in [6, 6.07) is 12.9. The molecule has 0 aliphatic carbocycles. The van der Waals surface area contributed by atoms with Crippen LogP contribution in [0.5, 0.6) is 5.75 Å². The van der Waals surface area contributed by atoms with Gasteiger partial charge in [-0.2, -0.15) is 0 Å². The van der Waals surface area contributed by atoms with E-state index >= 15 is 0 Å². The van der Waals surface area contributed by atoms with E-state index in [-0.39, 0.29) is 5.63 Å². The quantitative estimate of drug-likeness (QED) is 0.509. The zero-order chi connectivity index (χ0) is 12.5. The molecule has 0 N–H and O–H groups in total. The molecule has 2 aromatic carbocycles. The summed E-state index contributed by atoms with van der Waals surface area (Å²) >= 11 is 0. The first-order chi connectivity index (χ1) is 8.81. The lowest BCUT2D eigenvalue weighted by Crippen LogP contribution is -2.01. The highest BCUT2D eigenvalue weighted by atomic mass is 16.5. The van der Waals surface area contributed by atoms with Gasteiger partial charge in [-0.3, -0.25) is 0 Å². The third-order valence-electron chi connectivity index (χ3n) is 2.91. The second-order valence-corrected chi connectivity index (χ2v) is 4.00. The minimum Gasteiger partial charge on any atom is -0.493 e. The fourth-order valence-corrected chi connectivity index (χ4v) is 2.17. The van der Waals surface area contributed by atoms with Crippen LogP contribution < -0.4 is 10.4 Å². The molecule has 3 rings (SSSR count). The number of hydrogen-bond donors (Lipinski definition) is 0. The normalized spacial score (nSPS) is 10.9. The van der Waals surface area contributed by atoms with Gasteiger partial charge in [-0.05, 0) is 25.1 Å². The molecule has 1 heterocycles. The summed E-state index contributed by atoms with van der Waals surface area (Å²) in [5, 5.41) is 2.31. The summed E-state index contributed by atoms with van der Waals surface area (Å²) in [4.78, 5) is 11.9. The lowest BCUT2D eigenvalue weighted by Gasteiger charge is -2.08. The first-order valence-corrected chi connectivity index (χ1v) is 5.88. The molecular weight excluding hydrogens is 228 g/mol. The minimum atomic E-state index is -0.313. The van der Waals surface area contributed by atoms with Gasteiger partial charge in [0.15, 0.2) is 0 Å². The second-order valence-electron chi connectivity index (χ2n) is 4.00. The number of ether oxygens (including phenoxy) is 1. The molecule has 0 fully saturated rings. The molecule has 0 atom stereocenters. The standard InChI is InChI=1S/C15H12O3/c1-2-17-12-8-5-9-13-14(12)10-6-3-4-7-11(10)15(16)18-13/h3-9H,2H2,1H3. The smallest absolute Gasteiger partial charge is 0.344 e. The Morgan fingerprint density at radius 1 is 1.06 bits per heavy atom. The Balaban J connectivity index is 2.54. The topological polar surface area (TPSA) is 39.4 Å². The summed E-state index contributed by atoms with van der Waals surface area (Å²) in [5.41, 5.74) is 0.247. The van der Waals surface area contributed by atoms with E-state index in [2.05, 4.69) is 0 Å². The molecular formula is C15H12O3. The fraction of sp³-hybridized carbons (Fsp3) is 0.133. The van der Waals surface area contributed by atoms with Crippen molar-refractivity contribution in [2.75, 3.05) is 6.61 Å². The van der Waals surface area contributed by atoms with Crippen molar-refractivity contribution in [3.63, 3.8) is 0 Å². The van der Waals surface area contributed by atoms with Crippen molar-refractivity contribution >= 4 is 21.7 Å². The van der Waals surface area contributed by atoms with Gasteiger partial charge in [0, 0.05) is 5.39 Å². The highest BCUT2D eigenvalue weighted by Crippen LogP contribution is 2.31. The van der Waals surface area contributed by atoms with Gasteiger partial charge in [-0.15, -0.1) is 0 Å². The Morgan fingerprint density at radius 2 is 1.83 bits per heavy atom. The summed E-state index contributed by atoms with van der Waals surface area (Å²) < 4.78 is 10.9. The van der Waals surface area contributed by atoms with Crippen LogP contribution >= 0.6 is 0 Å². The molecule has 0 spiro atoms. The SMILES string of the molecule is CCOc1cccc2oc(=O)c3ccccc3c12. The Kier molecular flexibility index (Phi) is 2.52. The monoisotopic (exact) mass is 240 g/mol. The first-order valence-electron chi connectivity index (χ1n) is 5.88. The Morgan fingerprint density at radius 3 is 2.61 bits per heavy atom. The van der Waals surface area contributed by atoms with Gasteiger partial charge in [0.2, 0.25) is 0 Å². The van der Waals surface area contributed by atoms with Crippen molar-refractivity contribution in [1.29, 1.82) is 0 Å². The first kappa shape index (κ1) is 10.8. The average Bonchev–Trinajstić information content (AvgIpc) is 2.39. The summed E-state index contributed by atoms with van der Waals surface area (Å²) in [5.74, 6) is 0.745.